The molecule has 16 nitrogen and oxygen atoms in total. The number of nitrogens with zero attached hydrogens (tertiary/aromatic N) is 4. The highest BCUT2D eigenvalue weighted by Gasteiger charge is 2.27. The summed E-state index contributed by atoms with van der Waals surface area (Å²) >= 11 is 3.02. The van der Waals surface area contributed by atoms with Crippen LogP contribution in [0.3, 0.4) is 0 Å². The van der Waals surface area contributed by atoms with Crippen LogP contribution in [-0.4, -0.2) is 118 Å². The molecule has 0 bridgehead atoms. The zero-order chi connectivity index (χ0) is 44.7. The van der Waals surface area contributed by atoms with Crippen molar-refractivity contribution in [2.24, 2.45) is 0 Å². The Kier molecular flexibility index (Phi) is 21.0. The van der Waals surface area contributed by atoms with E-state index in [0.717, 1.165) is 39.8 Å². The van der Waals surface area contributed by atoms with E-state index in [2.05, 4.69) is 44.7 Å². The highest BCUT2D eigenvalue weighted by molar-refractivity contribution is 7.09. The summed E-state index contributed by atoms with van der Waals surface area (Å²) in [5, 5.41) is 28.1. The minimum atomic E-state index is -1.26. The molecule has 5 rings (SSSR count). The van der Waals surface area contributed by atoms with E-state index in [4.69, 9.17) is 19.7 Å². The van der Waals surface area contributed by atoms with Gasteiger partial charge in [-0.15, -0.1) is 22.7 Å². The van der Waals surface area contributed by atoms with Crippen molar-refractivity contribution in [2.45, 2.75) is 83.1 Å². The average Bonchev–Trinajstić information content (AvgIpc) is 3.97. The second-order valence-electron chi connectivity index (χ2n) is 15.0. The molecule has 0 aliphatic carbocycles. The van der Waals surface area contributed by atoms with Gasteiger partial charge in [-0.2, -0.15) is 0 Å². The Morgan fingerprint density at radius 1 is 0.855 bits per heavy atom. The van der Waals surface area contributed by atoms with E-state index in [0.29, 0.717) is 76.5 Å². The summed E-state index contributed by atoms with van der Waals surface area (Å²) < 4.78 is 11.1. The molecule has 334 valence electrons. The van der Waals surface area contributed by atoms with Crippen molar-refractivity contribution in [3.63, 3.8) is 0 Å². The van der Waals surface area contributed by atoms with E-state index in [1.807, 2.05) is 66.0 Å². The molecule has 1 fully saturated rings. The van der Waals surface area contributed by atoms with Crippen LogP contribution in [0, 0.1) is 0 Å². The highest BCUT2D eigenvalue weighted by atomic mass is 32.1. The molecule has 2 aromatic carbocycles. The summed E-state index contributed by atoms with van der Waals surface area (Å²) in [6.45, 7) is 8.19. The molecular formula is C44H57N7O9S2. The molecule has 4 amide bonds. The SMILES string of the molecule is CC(C)c1nc(CN(C)C(=O)NC(CCN2CCOCC2)C(=O)NC(CCC(Cc2ccccc2)NC(=O)OCc2cncs2)Cc2ccccc2)cs1.O=C(O)/C=C\C(=O)O. The number of carbonyl (C=O) groups excluding carboxylic acids is 3. The molecule has 3 atom stereocenters. The Morgan fingerprint density at radius 2 is 1.45 bits per heavy atom. The first-order valence-corrected chi connectivity index (χ1v) is 22.2. The largest absolute Gasteiger partial charge is 0.478 e. The molecule has 0 saturated carbocycles. The van der Waals surface area contributed by atoms with Crippen LogP contribution in [0.1, 0.15) is 65.7 Å². The van der Waals surface area contributed by atoms with Crippen molar-refractivity contribution < 1.29 is 43.7 Å². The Morgan fingerprint density at radius 3 is 1.98 bits per heavy atom. The van der Waals surface area contributed by atoms with E-state index < -0.39 is 24.1 Å². The smallest absolute Gasteiger partial charge is 0.407 e. The fraction of sp³-hybridized carbons (Fsp3) is 0.432. The third-order valence-corrected chi connectivity index (χ3v) is 11.6. The number of ether oxygens (including phenoxy) is 2. The Bertz CT molecular complexity index is 1980. The fourth-order valence-electron chi connectivity index (χ4n) is 6.39. The molecule has 4 aromatic rings. The number of hydrogen-bond acceptors (Lipinski definition) is 12. The van der Waals surface area contributed by atoms with Crippen LogP contribution >= 0.6 is 22.7 Å². The van der Waals surface area contributed by atoms with Crippen LogP contribution in [0.25, 0.3) is 0 Å². The van der Waals surface area contributed by atoms with E-state index >= 15 is 0 Å². The number of urea groups is 1. The number of carbonyl (C=O) groups is 5. The van der Waals surface area contributed by atoms with Gasteiger partial charge in [-0.25, -0.2) is 24.2 Å². The molecule has 2 aromatic heterocycles. The lowest BCUT2D eigenvalue weighted by molar-refractivity contribution is -0.134. The zero-order valence-electron chi connectivity index (χ0n) is 35.3. The van der Waals surface area contributed by atoms with Gasteiger partial charge in [-0.05, 0) is 43.2 Å². The molecule has 3 heterocycles. The number of amides is 4. The molecule has 3 unspecified atom stereocenters. The first kappa shape index (κ1) is 49.0. The van der Waals surface area contributed by atoms with E-state index in [1.165, 1.54) is 11.3 Å². The Labute approximate surface area is 370 Å². The summed E-state index contributed by atoms with van der Waals surface area (Å²) in [6.07, 6.45) is 5.11. The van der Waals surface area contributed by atoms with Gasteiger partial charge in [-0.3, -0.25) is 14.7 Å². The number of aliphatic carboxylic acids is 2. The van der Waals surface area contributed by atoms with E-state index in [9.17, 15) is 24.0 Å². The number of morpholine rings is 1. The van der Waals surface area contributed by atoms with Gasteiger partial charge in [0, 0.05) is 68.4 Å². The monoisotopic (exact) mass is 891 g/mol. The van der Waals surface area contributed by atoms with Crippen molar-refractivity contribution in [1.29, 1.82) is 0 Å². The summed E-state index contributed by atoms with van der Waals surface area (Å²) in [4.78, 5) is 73.3. The number of carboxylic acids is 2. The second-order valence-corrected chi connectivity index (χ2v) is 16.9. The van der Waals surface area contributed by atoms with Crippen LogP contribution in [0.2, 0.25) is 0 Å². The average molecular weight is 892 g/mol. The van der Waals surface area contributed by atoms with Gasteiger partial charge in [0.05, 0.1) is 40.8 Å². The Hall–Kier alpha value is -5.69. The number of carboxylic acid groups (broad SMARTS) is 2. The maximum absolute atomic E-state index is 14.2. The van der Waals surface area contributed by atoms with Crippen LogP contribution in [0.4, 0.5) is 9.59 Å². The first-order valence-electron chi connectivity index (χ1n) is 20.4. The molecular weight excluding hydrogens is 835 g/mol. The van der Waals surface area contributed by atoms with Crippen molar-refractivity contribution in [1.82, 2.24) is 35.7 Å². The fourth-order valence-corrected chi connectivity index (χ4v) is 7.72. The third kappa shape index (κ3) is 18.9. The predicted octanol–water partition coefficient (Wildman–Crippen LogP) is 5.71. The molecule has 18 heteroatoms. The number of aromatic nitrogens is 2. The Balaban J connectivity index is 0.000000959. The molecule has 5 N–H and O–H groups in total. The van der Waals surface area contributed by atoms with Gasteiger partial charge >= 0.3 is 24.1 Å². The highest BCUT2D eigenvalue weighted by Crippen LogP contribution is 2.20. The minimum Gasteiger partial charge on any atom is -0.478 e. The quantitative estimate of drug-likeness (QED) is 0.0637. The van der Waals surface area contributed by atoms with Crippen LogP contribution < -0.4 is 16.0 Å². The van der Waals surface area contributed by atoms with Crippen molar-refractivity contribution in [2.75, 3.05) is 39.9 Å². The van der Waals surface area contributed by atoms with Gasteiger partial charge in [-0.1, -0.05) is 74.5 Å². The molecule has 1 aliphatic rings. The summed E-state index contributed by atoms with van der Waals surface area (Å²) in [6, 6.07) is 18.4. The summed E-state index contributed by atoms with van der Waals surface area (Å²) in [5.41, 5.74) is 4.70. The third-order valence-electron chi connectivity index (χ3n) is 9.64. The van der Waals surface area contributed by atoms with Crippen LogP contribution in [0.15, 0.2) is 89.9 Å². The molecule has 1 saturated heterocycles. The predicted molar refractivity (Wildman–Crippen MR) is 237 cm³/mol. The maximum Gasteiger partial charge on any atom is 0.407 e. The summed E-state index contributed by atoms with van der Waals surface area (Å²) in [5.74, 6) is -2.44. The lowest BCUT2D eigenvalue weighted by Crippen LogP contribution is -2.54. The topological polar surface area (TPSA) is 213 Å². The molecule has 0 spiro atoms. The van der Waals surface area contributed by atoms with Gasteiger partial charge < -0.3 is 40.5 Å². The van der Waals surface area contributed by atoms with Gasteiger partial charge in [0.15, 0.2) is 0 Å². The molecule has 1 aliphatic heterocycles. The standard InChI is InChI=1S/C40H53N7O5S2.C4H4O4/c1-29(2)38-43-34(27-53-38)25-46(3)39(49)45-36(16-17-47-18-20-51-21-19-47)37(48)42-32(22-30-10-6-4-7-11-30)14-15-33(23-31-12-8-5-9-13-31)44-40(50)52-26-35-24-41-28-54-35;5-3(6)1-2-4(7)8/h4-13,24,27-29,32-33,36H,14-23,25-26H2,1-3H3,(H,42,48)(H,44,50)(H,45,49);1-2H,(H,5,6)(H,7,8)/b;2-1-. The van der Waals surface area contributed by atoms with Gasteiger partial charge in [0.25, 0.3) is 0 Å². The second kappa shape index (κ2) is 26.6. The molecule has 62 heavy (non-hydrogen) atoms. The van der Waals surface area contributed by atoms with E-state index in [-0.39, 0.29) is 30.6 Å². The first-order chi connectivity index (χ1) is 29.8. The number of nitrogens with one attached hydrogen (secondary N) is 3. The molecule has 0 radical (unpaired) electrons. The summed E-state index contributed by atoms with van der Waals surface area (Å²) in [7, 11) is 1.72. The normalized spacial score (nSPS) is 14.2. The van der Waals surface area contributed by atoms with E-state index in [1.54, 1.807) is 35.0 Å². The zero-order valence-corrected chi connectivity index (χ0v) is 36.9. The number of thiazole rings is 2. The number of benzene rings is 2. The van der Waals surface area contributed by atoms with Crippen LogP contribution in [-0.2, 0) is 49.9 Å². The van der Waals surface area contributed by atoms with Crippen molar-refractivity contribution >= 4 is 52.6 Å². The number of alkyl carbamates (subject to hydrolysis) is 1. The van der Waals surface area contributed by atoms with Gasteiger partial charge in [0.1, 0.15) is 12.6 Å². The number of hydrogen-bond donors (Lipinski definition) is 5. The van der Waals surface area contributed by atoms with Crippen molar-refractivity contribution in [3.8, 4) is 0 Å². The lowest BCUT2D eigenvalue weighted by atomic mass is 9.95. The number of rotatable bonds is 21. The maximum atomic E-state index is 14.2. The van der Waals surface area contributed by atoms with Crippen LogP contribution in [0.5, 0.6) is 0 Å². The lowest BCUT2D eigenvalue weighted by Gasteiger charge is -2.30. The van der Waals surface area contributed by atoms with Gasteiger partial charge in [0.2, 0.25) is 5.91 Å². The minimum absolute atomic E-state index is 0.150. The van der Waals surface area contributed by atoms with Crippen molar-refractivity contribution in [3.05, 3.63) is 117 Å².